The Bertz CT molecular complexity index is 712. The molecule has 0 saturated carbocycles. The molecule has 1 aromatic heterocycles. The Kier molecular flexibility index (Phi) is 3.21. The fraction of sp³-hybridized carbons (Fsp3) is 0.353. The van der Waals surface area contributed by atoms with Crippen LogP contribution in [-0.4, -0.2) is 24.1 Å². The second-order valence-corrected chi connectivity index (χ2v) is 5.99. The van der Waals surface area contributed by atoms with Crippen LogP contribution >= 0.6 is 0 Å². The number of alkyl halides is 3. The number of hydrogen-bond acceptors (Lipinski definition) is 3. The van der Waals surface area contributed by atoms with E-state index in [1.807, 2.05) is 12.1 Å². The number of hydrogen-bond donors (Lipinski definition) is 0. The lowest BCUT2D eigenvalue weighted by Crippen LogP contribution is -2.44. The second kappa shape index (κ2) is 5.15. The number of rotatable bonds is 1. The quantitative estimate of drug-likeness (QED) is 0.784. The number of nitrogens with zero attached hydrogens (tertiary/aromatic N) is 3. The molecule has 1 atom stereocenters. The molecule has 4 rings (SSSR count). The highest BCUT2D eigenvalue weighted by Gasteiger charge is 2.36. The fourth-order valence-electron chi connectivity index (χ4n) is 3.51. The van der Waals surface area contributed by atoms with Gasteiger partial charge in [0.1, 0.15) is 0 Å². The third kappa shape index (κ3) is 2.42. The van der Waals surface area contributed by atoms with Crippen LogP contribution in [0.5, 0.6) is 0 Å². The van der Waals surface area contributed by atoms with E-state index in [4.69, 9.17) is 0 Å². The number of anilines is 3. The average molecular weight is 319 g/mol. The van der Waals surface area contributed by atoms with Crippen LogP contribution in [0.1, 0.15) is 18.4 Å². The predicted octanol–water partition coefficient (Wildman–Crippen LogP) is 4.22. The maximum absolute atomic E-state index is 12.7. The van der Waals surface area contributed by atoms with E-state index in [9.17, 15) is 13.2 Å². The minimum atomic E-state index is -4.30. The normalized spacial score (nSPS) is 20.4. The van der Waals surface area contributed by atoms with Gasteiger partial charge >= 0.3 is 6.18 Å². The zero-order chi connectivity index (χ0) is 16.0. The topological polar surface area (TPSA) is 19.4 Å². The predicted molar refractivity (Wildman–Crippen MR) is 83.1 cm³/mol. The van der Waals surface area contributed by atoms with Crippen molar-refractivity contribution in [3.05, 3.63) is 48.2 Å². The van der Waals surface area contributed by atoms with E-state index in [1.54, 1.807) is 18.3 Å². The first-order valence-corrected chi connectivity index (χ1v) is 7.70. The van der Waals surface area contributed by atoms with Gasteiger partial charge in [-0.3, -0.25) is 0 Å². The molecular weight excluding hydrogens is 303 g/mol. The van der Waals surface area contributed by atoms with Crippen molar-refractivity contribution in [2.45, 2.75) is 25.1 Å². The lowest BCUT2D eigenvalue weighted by atomic mass is 10.1. The second-order valence-electron chi connectivity index (χ2n) is 5.99. The highest BCUT2D eigenvalue weighted by atomic mass is 19.4. The first-order chi connectivity index (χ1) is 11.0. The van der Waals surface area contributed by atoms with Crippen LogP contribution in [0, 0.1) is 0 Å². The van der Waals surface area contributed by atoms with Crippen molar-refractivity contribution in [2.24, 2.45) is 0 Å². The summed E-state index contributed by atoms with van der Waals surface area (Å²) < 4.78 is 38.2. The number of aromatic nitrogens is 1. The van der Waals surface area contributed by atoms with Crippen LogP contribution < -0.4 is 9.80 Å². The molecule has 0 radical (unpaired) electrons. The van der Waals surface area contributed by atoms with Crippen molar-refractivity contribution in [3.63, 3.8) is 0 Å². The van der Waals surface area contributed by atoms with Gasteiger partial charge in [-0.25, -0.2) is 4.98 Å². The van der Waals surface area contributed by atoms with E-state index in [-0.39, 0.29) is 0 Å². The standard InChI is InChI=1S/C17H16F3N3/c18-17(19,20)12-5-7-13(8-6-12)23-11-14-3-2-10-22(14)16-15(23)4-1-9-21-16/h1,4-9,14H,2-3,10-11H2/t14-/m1/s1. The summed E-state index contributed by atoms with van der Waals surface area (Å²) in [7, 11) is 0. The molecule has 0 N–H and O–H groups in total. The Morgan fingerprint density at radius 1 is 1.09 bits per heavy atom. The van der Waals surface area contributed by atoms with Crippen LogP contribution in [0.3, 0.4) is 0 Å². The van der Waals surface area contributed by atoms with Gasteiger partial charge in [-0.2, -0.15) is 13.2 Å². The highest BCUT2D eigenvalue weighted by molar-refractivity contribution is 5.77. The highest BCUT2D eigenvalue weighted by Crippen LogP contribution is 2.41. The number of pyridine rings is 1. The van der Waals surface area contributed by atoms with Crippen LogP contribution in [0.25, 0.3) is 0 Å². The van der Waals surface area contributed by atoms with Gasteiger partial charge in [-0.1, -0.05) is 0 Å². The maximum atomic E-state index is 12.7. The third-order valence-corrected chi connectivity index (χ3v) is 4.61. The summed E-state index contributed by atoms with van der Waals surface area (Å²) in [6.45, 7) is 1.78. The SMILES string of the molecule is FC(F)(F)c1ccc(N2C[C@H]3CCCN3c3ncccc32)cc1. The molecule has 0 amide bonds. The molecule has 23 heavy (non-hydrogen) atoms. The first kappa shape index (κ1) is 14.4. The van der Waals surface area contributed by atoms with Crippen LogP contribution in [0.15, 0.2) is 42.6 Å². The van der Waals surface area contributed by atoms with Crippen LogP contribution in [0.2, 0.25) is 0 Å². The molecule has 120 valence electrons. The molecule has 2 aliphatic heterocycles. The molecule has 0 spiro atoms. The van der Waals surface area contributed by atoms with E-state index < -0.39 is 11.7 Å². The van der Waals surface area contributed by atoms with Gasteiger partial charge in [0, 0.05) is 31.0 Å². The minimum Gasteiger partial charge on any atom is -0.350 e. The van der Waals surface area contributed by atoms with Crippen molar-refractivity contribution in [1.82, 2.24) is 4.98 Å². The minimum absolute atomic E-state index is 0.375. The fourth-order valence-corrected chi connectivity index (χ4v) is 3.51. The van der Waals surface area contributed by atoms with Gasteiger partial charge in [-0.05, 0) is 49.2 Å². The summed E-state index contributed by atoms with van der Waals surface area (Å²) in [5.41, 5.74) is 1.12. The molecule has 3 nitrogen and oxygen atoms in total. The summed E-state index contributed by atoms with van der Waals surface area (Å²) >= 11 is 0. The average Bonchev–Trinajstić information content (AvgIpc) is 3.02. The Morgan fingerprint density at radius 3 is 2.61 bits per heavy atom. The molecule has 0 unspecified atom stereocenters. The van der Waals surface area contributed by atoms with Gasteiger partial charge < -0.3 is 9.80 Å². The monoisotopic (exact) mass is 319 g/mol. The van der Waals surface area contributed by atoms with Crippen molar-refractivity contribution >= 4 is 17.2 Å². The van der Waals surface area contributed by atoms with Gasteiger partial charge in [0.2, 0.25) is 0 Å². The van der Waals surface area contributed by atoms with Crippen molar-refractivity contribution in [2.75, 3.05) is 22.9 Å². The summed E-state index contributed by atoms with van der Waals surface area (Å²) in [6, 6.07) is 9.60. The van der Waals surface area contributed by atoms with Gasteiger partial charge in [0.05, 0.1) is 11.3 Å². The molecule has 6 heteroatoms. The van der Waals surface area contributed by atoms with E-state index in [1.165, 1.54) is 0 Å². The molecule has 1 aromatic carbocycles. The summed E-state index contributed by atoms with van der Waals surface area (Å²) in [4.78, 5) is 8.89. The van der Waals surface area contributed by atoms with Crippen molar-refractivity contribution < 1.29 is 13.2 Å². The Labute approximate surface area is 132 Å². The van der Waals surface area contributed by atoms with E-state index in [0.29, 0.717) is 6.04 Å². The Hall–Kier alpha value is -2.24. The van der Waals surface area contributed by atoms with Gasteiger partial charge in [-0.15, -0.1) is 0 Å². The summed E-state index contributed by atoms with van der Waals surface area (Å²) in [6.07, 6.45) is -0.318. The molecular formula is C17H16F3N3. The smallest absolute Gasteiger partial charge is 0.350 e. The molecule has 0 bridgehead atoms. The van der Waals surface area contributed by atoms with Crippen LogP contribution in [-0.2, 0) is 6.18 Å². The molecule has 0 aliphatic carbocycles. The summed E-state index contributed by atoms with van der Waals surface area (Å²) in [5.74, 6) is 0.932. The van der Waals surface area contributed by atoms with Gasteiger partial charge in [0.15, 0.2) is 5.82 Å². The lowest BCUT2D eigenvalue weighted by molar-refractivity contribution is -0.137. The molecule has 1 fully saturated rings. The molecule has 3 heterocycles. The largest absolute Gasteiger partial charge is 0.416 e. The zero-order valence-corrected chi connectivity index (χ0v) is 12.4. The Balaban J connectivity index is 1.73. The summed E-state index contributed by atoms with van der Waals surface area (Å²) in [5, 5.41) is 0. The third-order valence-electron chi connectivity index (χ3n) is 4.61. The number of fused-ring (bicyclic) bond motifs is 3. The lowest BCUT2D eigenvalue weighted by Gasteiger charge is -2.40. The van der Waals surface area contributed by atoms with Crippen molar-refractivity contribution in [1.29, 1.82) is 0 Å². The van der Waals surface area contributed by atoms with E-state index in [2.05, 4.69) is 14.8 Å². The van der Waals surface area contributed by atoms with E-state index >= 15 is 0 Å². The number of benzene rings is 1. The zero-order valence-electron chi connectivity index (χ0n) is 12.4. The maximum Gasteiger partial charge on any atom is 0.416 e. The van der Waals surface area contributed by atoms with E-state index in [0.717, 1.165) is 55.3 Å². The first-order valence-electron chi connectivity index (χ1n) is 7.70. The molecule has 1 saturated heterocycles. The number of halogens is 3. The molecule has 2 aromatic rings. The Morgan fingerprint density at radius 2 is 1.87 bits per heavy atom. The van der Waals surface area contributed by atoms with Gasteiger partial charge in [0.25, 0.3) is 0 Å². The molecule has 2 aliphatic rings. The van der Waals surface area contributed by atoms with Crippen molar-refractivity contribution in [3.8, 4) is 0 Å². The van der Waals surface area contributed by atoms with Crippen LogP contribution in [0.4, 0.5) is 30.4 Å².